The van der Waals surface area contributed by atoms with Gasteiger partial charge in [-0.05, 0) is 63.6 Å². The van der Waals surface area contributed by atoms with Gasteiger partial charge in [0.15, 0.2) is 17.4 Å². The van der Waals surface area contributed by atoms with E-state index < -0.39 is 11.6 Å². The van der Waals surface area contributed by atoms with Gasteiger partial charge in [-0.2, -0.15) is 0 Å². The molecule has 6 nitrogen and oxygen atoms in total. The molecule has 2 aromatic rings. The first-order valence-corrected chi connectivity index (χ1v) is 11.7. The number of aromatic nitrogens is 2. The highest BCUT2D eigenvalue weighted by Crippen LogP contribution is 2.39. The lowest BCUT2D eigenvalue weighted by Gasteiger charge is -2.34. The Balaban J connectivity index is 1.41. The van der Waals surface area contributed by atoms with Crippen LogP contribution >= 0.6 is 0 Å². The summed E-state index contributed by atoms with van der Waals surface area (Å²) in [5.74, 6) is 0.142. The Hall–Kier alpha value is -2.87. The third kappa shape index (κ3) is 4.49. The van der Waals surface area contributed by atoms with Crippen molar-refractivity contribution >= 4 is 11.4 Å². The Labute approximate surface area is 192 Å². The highest BCUT2D eigenvalue weighted by atomic mass is 19.1. The van der Waals surface area contributed by atoms with Gasteiger partial charge in [-0.25, -0.2) is 18.7 Å². The molecule has 3 aliphatic rings. The predicted molar refractivity (Wildman–Crippen MR) is 125 cm³/mol. The summed E-state index contributed by atoms with van der Waals surface area (Å²) in [4.78, 5) is 15.5. The highest BCUT2D eigenvalue weighted by molar-refractivity contribution is 5.99. The summed E-state index contributed by atoms with van der Waals surface area (Å²) in [6.45, 7) is 7.82. The van der Waals surface area contributed by atoms with Crippen molar-refractivity contribution in [2.24, 2.45) is 10.9 Å². The van der Waals surface area contributed by atoms with Gasteiger partial charge in [-0.3, -0.25) is 4.99 Å². The molecule has 0 saturated carbocycles. The molecule has 0 spiro atoms. The van der Waals surface area contributed by atoms with Crippen LogP contribution in [0.3, 0.4) is 0 Å². The molecule has 0 radical (unpaired) electrons. The molecular weight excluding hydrogens is 424 g/mol. The van der Waals surface area contributed by atoms with Crippen LogP contribution in [0.2, 0.25) is 0 Å². The number of benzene rings is 1. The zero-order valence-electron chi connectivity index (χ0n) is 19.1. The molecular formula is C25H29F2N5O. The number of hydrogen-bond acceptors (Lipinski definition) is 6. The average molecular weight is 454 g/mol. The molecule has 3 aliphatic heterocycles. The number of halogens is 2. The zero-order valence-corrected chi connectivity index (χ0v) is 19.1. The Morgan fingerprint density at radius 1 is 1.18 bits per heavy atom. The van der Waals surface area contributed by atoms with E-state index in [4.69, 9.17) is 9.73 Å². The molecule has 0 amide bonds. The minimum atomic E-state index is -0.571. The predicted octanol–water partition coefficient (Wildman–Crippen LogP) is 3.95. The number of ether oxygens (including phenoxy) is 1. The summed E-state index contributed by atoms with van der Waals surface area (Å²) in [5.41, 5.74) is 3.39. The van der Waals surface area contributed by atoms with Crippen LogP contribution in [-0.2, 0) is 6.42 Å². The fourth-order valence-corrected chi connectivity index (χ4v) is 4.83. The van der Waals surface area contributed by atoms with Crippen molar-refractivity contribution in [3.05, 3.63) is 47.4 Å². The molecule has 33 heavy (non-hydrogen) atoms. The third-order valence-corrected chi connectivity index (χ3v) is 6.56. The molecule has 1 saturated heterocycles. The molecule has 1 fully saturated rings. The van der Waals surface area contributed by atoms with Crippen LogP contribution in [0.1, 0.15) is 32.5 Å². The average Bonchev–Trinajstić information content (AvgIpc) is 3.29. The van der Waals surface area contributed by atoms with Crippen LogP contribution in [0.25, 0.3) is 11.3 Å². The Kier molecular flexibility index (Phi) is 6.10. The summed E-state index contributed by atoms with van der Waals surface area (Å²) >= 11 is 0. The topological polar surface area (TPSA) is 62.6 Å². The van der Waals surface area contributed by atoms with Gasteiger partial charge in [-0.1, -0.05) is 0 Å². The molecule has 1 N–H and O–H groups in total. The largest absolute Gasteiger partial charge is 0.486 e. The first-order valence-electron chi connectivity index (χ1n) is 11.7. The Morgan fingerprint density at radius 2 is 2.00 bits per heavy atom. The van der Waals surface area contributed by atoms with E-state index in [0.29, 0.717) is 49.1 Å². The van der Waals surface area contributed by atoms with E-state index in [-0.39, 0.29) is 17.5 Å². The quantitative estimate of drug-likeness (QED) is 0.743. The molecule has 174 valence electrons. The monoisotopic (exact) mass is 453 g/mol. The summed E-state index contributed by atoms with van der Waals surface area (Å²) in [5, 5.41) is 3.38. The van der Waals surface area contributed by atoms with Crippen molar-refractivity contribution < 1.29 is 13.5 Å². The summed E-state index contributed by atoms with van der Waals surface area (Å²) < 4.78 is 35.2. The third-order valence-electron chi connectivity index (χ3n) is 6.56. The number of anilines is 1. The summed E-state index contributed by atoms with van der Waals surface area (Å²) in [7, 11) is 0. The van der Waals surface area contributed by atoms with Crippen LogP contribution < -0.4 is 15.0 Å². The van der Waals surface area contributed by atoms with Crippen molar-refractivity contribution in [2.45, 2.75) is 39.2 Å². The van der Waals surface area contributed by atoms with E-state index in [1.807, 2.05) is 13.8 Å². The number of rotatable bonds is 5. The van der Waals surface area contributed by atoms with Crippen molar-refractivity contribution in [3.8, 4) is 17.0 Å². The fourth-order valence-electron chi connectivity index (χ4n) is 4.83. The van der Waals surface area contributed by atoms with E-state index in [2.05, 4.69) is 26.3 Å². The molecule has 8 heteroatoms. The van der Waals surface area contributed by atoms with Gasteiger partial charge in [0.2, 0.25) is 0 Å². The van der Waals surface area contributed by atoms with Crippen LogP contribution in [0.15, 0.2) is 35.0 Å². The maximum atomic E-state index is 14.9. The van der Waals surface area contributed by atoms with E-state index in [0.717, 1.165) is 37.2 Å². The molecule has 1 aromatic carbocycles. The minimum Gasteiger partial charge on any atom is -0.486 e. The van der Waals surface area contributed by atoms with Gasteiger partial charge >= 0.3 is 0 Å². The standard InChI is InChI=1S/C25H29F2N5O/c1-15(2)32-7-8-33-25-19(26)11-18(12-22(25)32)24-20(27)14-30-23(31-24)10-16-9-21(29-13-16)17-3-5-28-6-4-17/h9,11-12,14-15,17,28H,3-8,10,13H2,1-2H3. The molecule has 0 unspecified atom stereocenters. The number of fused-ring (bicyclic) bond motifs is 1. The normalized spacial score (nSPS) is 18.8. The van der Waals surface area contributed by atoms with E-state index in [1.165, 1.54) is 12.3 Å². The second kappa shape index (κ2) is 9.17. The van der Waals surface area contributed by atoms with Gasteiger partial charge in [0, 0.05) is 29.7 Å². The molecule has 0 aliphatic carbocycles. The van der Waals surface area contributed by atoms with Gasteiger partial charge in [0.1, 0.15) is 18.1 Å². The molecule has 5 rings (SSSR count). The van der Waals surface area contributed by atoms with Gasteiger partial charge in [-0.15, -0.1) is 0 Å². The number of allylic oxidation sites excluding steroid dienone is 1. The lowest BCUT2D eigenvalue weighted by atomic mass is 9.92. The first-order chi connectivity index (χ1) is 16.0. The van der Waals surface area contributed by atoms with Gasteiger partial charge < -0.3 is 15.0 Å². The molecule has 1 aromatic heterocycles. The zero-order chi connectivity index (χ0) is 22.9. The maximum absolute atomic E-state index is 14.9. The lowest BCUT2D eigenvalue weighted by Crippen LogP contribution is -2.38. The summed E-state index contributed by atoms with van der Waals surface area (Å²) in [6, 6.07) is 3.22. The molecule has 0 bridgehead atoms. The van der Waals surface area contributed by atoms with Crippen LogP contribution in [0, 0.1) is 17.6 Å². The minimum absolute atomic E-state index is 0.106. The number of nitrogens with one attached hydrogen (secondary N) is 1. The van der Waals surface area contributed by atoms with Crippen LogP contribution in [-0.4, -0.2) is 54.5 Å². The summed E-state index contributed by atoms with van der Waals surface area (Å²) in [6.07, 6.45) is 6.02. The molecule has 4 heterocycles. The fraction of sp³-hybridized carbons (Fsp3) is 0.480. The number of hydrogen-bond donors (Lipinski definition) is 1. The lowest BCUT2D eigenvalue weighted by molar-refractivity contribution is 0.287. The smallest absolute Gasteiger partial charge is 0.178 e. The van der Waals surface area contributed by atoms with Crippen molar-refractivity contribution in [1.29, 1.82) is 0 Å². The van der Waals surface area contributed by atoms with E-state index in [9.17, 15) is 8.78 Å². The number of piperidine rings is 1. The van der Waals surface area contributed by atoms with Crippen molar-refractivity contribution in [2.75, 3.05) is 37.7 Å². The highest BCUT2D eigenvalue weighted by Gasteiger charge is 2.26. The maximum Gasteiger partial charge on any atom is 0.178 e. The number of nitrogens with zero attached hydrogens (tertiary/aromatic N) is 4. The molecule has 0 atom stereocenters. The Morgan fingerprint density at radius 3 is 2.79 bits per heavy atom. The van der Waals surface area contributed by atoms with Gasteiger partial charge in [0.05, 0.1) is 25.0 Å². The number of aliphatic imine (C=N–C) groups is 1. The second-order valence-electron chi connectivity index (χ2n) is 9.17. The van der Waals surface area contributed by atoms with E-state index in [1.54, 1.807) is 6.07 Å². The second-order valence-corrected chi connectivity index (χ2v) is 9.17. The SMILES string of the molecule is CC(C)N1CCOc2c(F)cc(-c3nc(CC4=CC(C5CCNCC5)=NC4)ncc3F)cc21. The first kappa shape index (κ1) is 21.9. The Bertz CT molecular complexity index is 1110. The van der Waals surface area contributed by atoms with Crippen molar-refractivity contribution in [1.82, 2.24) is 15.3 Å². The van der Waals surface area contributed by atoms with Gasteiger partial charge in [0.25, 0.3) is 0 Å². The van der Waals surface area contributed by atoms with Crippen molar-refractivity contribution in [3.63, 3.8) is 0 Å². The van der Waals surface area contributed by atoms with Crippen LogP contribution in [0.5, 0.6) is 5.75 Å². The van der Waals surface area contributed by atoms with Crippen LogP contribution in [0.4, 0.5) is 14.5 Å². The van der Waals surface area contributed by atoms with E-state index >= 15 is 0 Å².